The van der Waals surface area contributed by atoms with Gasteiger partial charge in [-0.05, 0) is 25.5 Å². The summed E-state index contributed by atoms with van der Waals surface area (Å²) in [7, 11) is 0. The third kappa shape index (κ3) is 2.16. The van der Waals surface area contributed by atoms with Gasteiger partial charge in [-0.1, -0.05) is 41.4 Å². The van der Waals surface area contributed by atoms with E-state index in [0.29, 0.717) is 0 Å². The molecule has 1 aromatic carbocycles. The van der Waals surface area contributed by atoms with Crippen molar-refractivity contribution in [2.75, 3.05) is 6.54 Å². The fraction of sp³-hybridized carbons (Fsp3) is 0.357. The first-order valence-electron chi connectivity index (χ1n) is 6.29. The van der Waals surface area contributed by atoms with Crippen LogP contribution >= 0.6 is 11.6 Å². The Kier molecular flexibility index (Phi) is 3.35. The molecule has 18 heavy (non-hydrogen) atoms. The van der Waals surface area contributed by atoms with Crippen LogP contribution in [0.15, 0.2) is 35.0 Å². The van der Waals surface area contributed by atoms with Crippen molar-refractivity contribution in [3.8, 4) is 11.1 Å². The number of hydrogen-bond donors (Lipinski definition) is 1. The summed E-state index contributed by atoms with van der Waals surface area (Å²) in [5.41, 5.74) is 1.99. The second kappa shape index (κ2) is 5.12. The molecule has 3 nitrogen and oxygen atoms in total. The van der Waals surface area contributed by atoms with E-state index in [9.17, 15) is 0 Å². The fourth-order valence-corrected chi connectivity index (χ4v) is 2.70. The van der Waals surface area contributed by atoms with Gasteiger partial charge in [0.05, 0.1) is 12.2 Å². The van der Waals surface area contributed by atoms with Crippen LogP contribution in [0.25, 0.3) is 11.1 Å². The van der Waals surface area contributed by atoms with Crippen molar-refractivity contribution in [3.63, 3.8) is 0 Å². The highest BCUT2D eigenvalue weighted by Gasteiger charge is 2.23. The Balaban J connectivity index is 1.98. The Bertz CT molecular complexity index is 532. The second-order valence-corrected chi connectivity index (χ2v) is 4.99. The molecule has 4 heteroatoms. The molecule has 0 spiro atoms. The Labute approximate surface area is 111 Å². The highest BCUT2D eigenvalue weighted by molar-refractivity contribution is 6.33. The summed E-state index contributed by atoms with van der Waals surface area (Å²) in [6.45, 7) is 1.04. The minimum atomic E-state index is 0.257. The van der Waals surface area contributed by atoms with E-state index in [0.717, 1.165) is 34.9 Å². The molecule has 2 heterocycles. The molecule has 1 aliphatic rings. The second-order valence-electron chi connectivity index (χ2n) is 4.59. The third-order valence-corrected chi connectivity index (χ3v) is 3.72. The molecule has 0 bridgehead atoms. The normalized spacial score (nSPS) is 19.9. The number of nitrogens with zero attached hydrogens (tertiary/aromatic N) is 1. The highest BCUT2D eigenvalue weighted by atomic mass is 35.5. The van der Waals surface area contributed by atoms with Crippen LogP contribution < -0.4 is 5.32 Å². The lowest BCUT2D eigenvalue weighted by atomic mass is 9.97. The average molecular weight is 263 g/mol. The molecular formula is C14H15ClN2O. The van der Waals surface area contributed by atoms with Gasteiger partial charge in [-0.3, -0.25) is 0 Å². The van der Waals surface area contributed by atoms with Crippen LogP contribution in [0, 0.1) is 0 Å². The number of nitrogens with one attached hydrogen (secondary N) is 1. The predicted octanol–water partition coefficient (Wildman–Crippen LogP) is 3.81. The molecule has 0 radical (unpaired) electrons. The number of rotatable bonds is 2. The maximum absolute atomic E-state index is 6.24. The van der Waals surface area contributed by atoms with Crippen molar-refractivity contribution in [2.24, 2.45) is 0 Å². The first kappa shape index (κ1) is 11.8. The van der Waals surface area contributed by atoms with E-state index in [-0.39, 0.29) is 6.04 Å². The summed E-state index contributed by atoms with van der Waals surface area (Å²) >= 11 is 6.24. The largest absolute Gasteiger partial charge is 0.359 e. The molecule has 0 aliphatic carbocycles. The Morgan fingerprint density at radius 2 is 2.11 bits per heavy atom. The Hall–Kier alpha value is -1.32. The molecule has 1 unspecified atom stereocenters. The van der Waals surface area contributed by atoms with Crippen molar-refractivity contribution in [1.29, 1.82) is 0 Å². The number of hydrogen-bond acceptors (Lipinski definition) is 3. The smallest absolute Gasteiger partial charge is 0.161 e. The number of aromatic nitrogens is 1. The van der Waals surface area contributed by atoms with Gasteiger partial charge in [-0.25, -0.2) is 0 Å². The highest BCUT2D eigenvalue weighted by Crippen LogP contribution is 2.35. The van der Waals surface area contributed by atoms with Crippen molar-refractivity contribution in [3.05, 3.63) is 41.2 Å². The fourth-order valence-electron chi connectivity index (χ4n) is 2.46. The standard InChI is InChI=1S/C14H15ClN2O/c15-12-6-2-1-5-10(12)11-9-17-18-14(11)13-7-3-4-8-16-13/h1-2,5-6,9,13,16H,3-4,7-8H2. The van der Waals surface area contributed by atoms with Crippen LogP contribution in [-0.4, -0.2) is 11.7 Å². The van der Waals surface area contributed by atoms with Crippen LogP contribution in [0.4, 0.5) is 0 Å². The van der Waals surface area contributed by atoms with E-state index >= 15 is 0 Å². The summed E-state index contributed by atoms with van der Waals surface area (Å²) in [5.74, 6) is 0.905. The molecule has 1 N–H and O–H groups in total. The van der Waals surface area contributed by atoms with Crippen LogP contribution in [0.1, 0.15) is 31.1 Å². The monoisotopic (exact) mass is 262 g/mol. The lowest BCUT2D eigenvalue weighted by Crippen LogP contribution is -2.26. The Morgan fingerprint density at radius 1 is 1.22 bits per heavy atom. The van der Waals surface area contributed by atoms with Gasteiger partial charge in [0.2, 0.25) is 0 Å². The van der Waals surface area contributed by atoms with E-state index in [1.807, 2.05) is 24.3 Å². The minimum Gasteiger partial charge on any atom is -0.359 e. The molecule has 94 valence electrons. The Morgan fingerprint density at radius 3 is 2.89 bits per heavy atom. The third-order valence-electron chi connectivity index (χ3n) is 3.39. The maximum Gasteiger partial charge on any atom is 0.161 e. The van der Waals surface area contributed by atoms with Crippen LogP contribution in [0.2, 0.25) is 5.02 Å². The quantitative estimate of drug-likeness (QED) is 0.894. The lowest BCUT2D eigenvalue weighted by molar-refractivity contribution is 0.306. The minimum absolute atomic E-state index is 0.257. The number of benzene rings is 1. The van der Waals surface area contributed by atoms with Crippen molar-refractivity contribution in [1.82, 2.24) is 10.5 Å². The molecule has 3 rings (SSSR count). The van der Waals surface area contributed by atoms with Crippen LogP contribution in [0.5, 0.6) is 0 Å². The van der Waals surface area contributed by atoms with Gasteiger partial charge in [0.1, 0.15) is 0 Å². The lowest BCUT2D eigenvalue weighted by Gasteiger charge is -2.22. The van der Waals surface area contributed by atoms with E-state index in [1.165, 1.54) is 12.8 Å². The SMILES string of the molecule is Clc1ccccc1-c1cnoc1C1CCCCN1. The van der Waals surface area contributed by atoms with Crippen LogP contribution in [0.3, 0.4) is 0 Å². The van der Waals surface area contributed by atoms with Crippen molar-refractivity contribution >= 4 is 11.6 Å². The van der Waals surface area contributed by atoms with E-state index in [4.69, 9.17) is 16.1 Å². The van der Waals surface area contributed by atoms with E-state index < -0.39 is 0 Å². The van der Waals surface area contributed by atoms with Gasteiger partial charge in [-0.2, -0.15) is 0 Å². The zero-order valence-electron chi connectivity index (χ0n) is 10.0. The van der Waals surface area contributed by atoms with Crippen LogP contribution in [-0.2, 0) is 0 Å². The summed E-state index contributed by atoms with van der Waals surface area (Å²) < 4.78 is 5.44. The molecule has 1 fully saturated rings. The number of piperidine rings is 1. The molecule has 0 saturated carbocycles. The topological polar surface area (TPSA) is 38.1 Å². The maximum atomic E-state index is 6.24. The average Bonchev–Trinajstić information content (AvgIpc) is 2.89. The van der Waals surface area contributed by atoms with Crippen molar-refractivity contribution in [2.45, 2.75) is 25.3 Å². The van der Waals surface area contributed by atoms with Gasteiger partial charge in [0.25, 0.3) is 0 Å². The molecule has 1 aromatic heterocycles. The predicted molar refractivity (Wildman–Crippen MR) is 71.5 cm³/mol. The van der Waals surface area contributed by atoms with E-state index in [1.54, 1.807) is 6.20 Å². The first-order chi connectivity index (χ1) is 8.86. The first-order valence-corrected chi connectivity index (χ1v) is 6.67. The summed E-state index contributed by atoms with van der Waals surface area (Å²) in [5, 5.41) is 8.15. The summed E-state index contributed by atoms with van der Waals surface area (Å²) in [6.07, 6.45) is 5.30. The number of halogens is 1. The van der Waals surface area contributed by atoms with E-state index in [2.05, 4.69) is 10.5 Å². The van der Waals surface area contributed by atoms with Gasteiger partial charge < -0.3 is 9.84 Å². The zero-order valence-corrected chi connectivity index (χ0v) is 10.8. The van der Waals surface area contributed by atoms with Gasteiger partial charge >= 0.3 is 0 Å². The molecular weight excluding hydrogens is 248 g/mol. The van der Waals surface area contributed by atoms with Gasteiger partial charge in [0.15, 0.2) is 5.76 Å². The molecule has 1 atom stereocenters. The van der Waals surface area contributed by atoms with Gasteiger partial charge in [0, 0.05) is 16.1 Å². The van der Waals surface area contributed by atoms with Crippen molar-refractivity contribution < 1.29 is 4.52 Å². The molecule has 1 aliphatic heterocycles. The van der Waals surface area contributed by atoms with Gasteiger partial charge in [-0.15, -0.1) is 0 Å². The summed E-state index contributed by atoms with van der Waals surface area (Å²) in [6, 6.07) is 8.06. The molecule has 1 saturated heterocycles. The molecule has 2 aromatic rings. The zero-order chi connectivity index (χ0) is 12.4. The molecule has 0 amide bonds. The summed E-state index contributed by atoms with van der Waals surface area (Å²) in [4.78, 5) is 0.